The zero-order chi connectivity index (χ0) is 15.7. The van der Waals surface area contributed by atoms with Gasteiger partial charge in [-0.3, -0.25) is 14.7 Å². The van der Waals surface area contributed by atoms with Crippen LogP contribution in [0.4, 0.5) is 5.69 Å². The number of methoxy groups -OCH3 is 1. The summed E-state index contributed by atoms with van der Waals surface area (Å²) < 4.78 is 11.6. The van der Waals surface area contributed by atoms with Crippen molar-refractivity contribution in [2.45, 2.75) is 13.0 Å². The van der Waals surface area contributed by atoms with Crippen molar-refractivity contribution in [3.63, 3.8) is 0 Å². The van der Waals surface area contributed by atoms with E-state index in [4.69, 9.17) is 9.47 Å². The Morgan fingerprint density at radius 2 is 2.23 bits per heavy atom. The molecule has 1 amide bonds. The average Bonchev–Trinajstić information content (AvgIpc) is 2.55. The van der Waals surface area contributed by atoms with Crippen LogP contribution in [-0.4, -0.2) is 24.6 Å². The Morgan fingerprint density at radius 3 is 2.91 bits per heavy atom. The standard InChI is InChI=1S/C16H15BrN2O3/c1-10(12-5-3-4-6-18-12)19-13-8-14(21-2)11(17)7-15(13)22-9-16(19)20/h3-8,10H,9H2,1-2H3. The molecule has 2 aromatic rings. The largest absolute Gasteiger partial charge is 0.495 e. The maximum absolute atomic E-state index is 12.4. The van der Waals surface area contributed by atoms with Gasteiger partial charge in [-0.1, -0.05) is 6.07 Å². The molecule has 0 aliphatic carbocycles. The molecule has 1 aliphatic rings. The summed E-state index contributed by atoms with van der Waals surface area (Å²) in [4.78, 5) is 18.4. The van der Waals surface area contributed by atoms with E-state index in [9.17, 15) is 4.79 Å². The lowest BCUT2D eigenvalue weighted by atomic mass is 10.1. The van der Waals surface area contributed by atoms with Crippen LogP contribution in [-0.2, 0) is 4.79 Å². The van der Waals surface area contributed by atoms with E-state index in [0.29, 0.717) is 17.2 Å². The van der Waals surface area contributed by atoms with Gasteiger partial charge in [0.25, 0.3) is 5.91 Å². The summed E-state index contributed by atoms with van der Waals surface area (Å²) in [5.41, 5.74) is 1.51. The van der Waals surface area contributed by atoms with Crippen LogP contribution < -0.4 is 14.4 Å². The Kier molecular flexibility index (Phi) is 4.02. The molecule has 6 heteroatoms. The van der Waals surface area contributed by atoms with Crippen LogP contribution in [0.1, 0.15) is 18.7 Å². The number of amides is 1. The van der Waals surface area contributed by atoms with Gasteiger partial charge in [-0.2, -0.15) is 0 Å². The van der Waals surface area contributed by atoms with E-state index >= 15 is 0 Å². The third-order valence-electron chi connectivity index (χ3n) is 3.62. The van der Waals surface area contributed by atoms with Crippen LogP contribution in [0.5, 0.6) is 11.5 Å². The molecule has 0 radical (unpaired) electrons. The molecule has 0 saturated heterocycles. The Balaban J connectivity index is 2.07. The molecule has 0 bridgehead atoms. The van der Waals surface area contributed by atoms with Gasteiger partial charge in [0.15, 0.2) is 6.61 Å². The Hall–Kier alpha value is -2.08. The topological polar surface area (TPSA) is 51.7 Å². The predicted octanol–water partition coefficient (Wildman–Crippen LogP) is 3.34. The molecule has 2 heterocycles. The van der Waals surface area contributed by atoms with Gasteiger partial charge >= 0.3 is 0 Å². The molecule has 3 rings (SSSR count). The molecule has 0 fully saturated rings. The van der Waals surface area contributed by atoms with E-state index in [-0.39, 0.29) is 18.6 Å². The summed E-state index contributed by atoms with van der Waals surface area (Å²) in [6.07, 6.45) is 1.72. The molecule has 0 N–H and O–H groups in total. The van der Waals surface area contributed by atoms with E-state index in [1.807, 2.05) is 31.2 Å². The Morgan fingerprint density at radius 1 is 1.41 bits per heavy atom. The number of rotatable bonds is 3. The van der Waals surface area contributed by atoms with E-state index in [0.717, 1.165) is 10.2 Å². The number of fused-ring (bicyclic) bond motifs is 1. The number of anilines is 1. The molecular formula is C16H15BrN2O3. The van der Waals surface area contributed by atoms with Crippen molar-refractivity contribution in [2.24, 2.45) is 0 Å². The van der Waals surface area contributed by atoms with Crippen LogP contribution in [0.25, 0.3) is 0 Å². The van der Waals surface area contributed by atoms with E-state index < -0.39 is 0 Å². The monoisotopic (exact) mass is 362 g/mol. The molecule has 114 valence electrons. The molecular weight excluding hydrogens is 348 g/mol. The highest BCUT2D eigenvalue weighted by Crippen LogP contribution is 2.42. The third-order valence-corrected chi connectivity index (χ3v) is 4.24. The number of ether oxygens (including phenoxy) is 2. The highest BCUT2D eigenvalue weighted by Gasteiger charge is 2.31. The normalized spacial score (nSPS) is 15.0. The molecule has 5 nitrogen and oxygen atoms in total. The summed E-state index contributed by atoms with van der Waals surface area (Å²) in [7, 11) is 1.59. The maximum Gasteiger partial charge on any atom is 0.265 e. The van der Waals surface area contributed by atoms with Gasteiger partial charge in [-0.05, 0) is 35.0 Å². The van der Waals surface area contributed by atoms with Crippen molar-refractivity contribution in [1.29, 1.82) is 0 Å². The highest BCUT2D eigenvalue weighted by molar-refractivity contribution is 9.10. The smallest absolute Gasteiger partial charge is 0.265 e. The second-order valence-electron chi connectivity index (χ2n) is 4.94. The fourth-order valence-electron chi connectivity index (χ4n) is 2.51. The van der Waals surface area contributed by atoms with Crippen molar-refractivity contribution in [3.05, 3.63) is 46.7 Å². The average molecular weight is 363 g/mol. The minimum absolute atomic E-state index is 0.0168. The lowest BCUT2D eigenvalue weighted by Gasteiger charge is -2.34. The van der Waals surface area contributed by atoms with Crippen LogP contribution in [0.15, 0.2) is 41.0 Å². The SMILES string of the molecule is COc1cc2c(cc1Br)OCC(=O)N2C(C)c1ccccn1. The number of hydrogen-bond acceptors (Lipinski definition) is 4. The Bertz CT molecular complexity index is 706. The summed E-state index contributed by atoms with van der Waals surface area (Å²) in [6.45, 7) is 1.97. The number of nitrogens with zero attached hydrogens (tertiary/aromatic N) is 2. The van der Waals surface area contributed by atoms with Gasteiger partial charge in [0, 0.05) is 18.3 Å². The van der Waals surface area contributed by atoms with Gasteiger partial charge in [-0.15, -0.1) is 0 Å². The molecule has 22 heavy (non-hydrogen) atoms. The minimum atomic E-state index is -0.192. The quantitative estimate of drug-likeness (QED) is 0.840. The first-order chi connectivity index (χ1) is 10.6. The van der Waals surface area contributed by atoms with Gasteiger partial charge in [0.1, 0.15) is 11.5 Å². The van der Waals surface area contributed by atoms with Gasteiger partial charge in [0.05, 0.1) is 29.0 Å². The van der Waals surface area contributed by atoms with E-state index in [2.05, 4.69) is 20.9 Å². The second-order valence-corrected chi connectivity index (χ2v) is 5.79. The number of benzene rings is 1. The van der Waals surface area contributed by atoms with Crippen molar-refractivity contribution in [3.8, 4) is 11.5 Å². The molecule has 1 atom stereocenters. The number of pyridine rings is 1. The van der Waals surface area contributed by atoms with Gasteiger partial charge < -0.3 is 9.47 Å². The summed E-state index contributed by atoms with van der Waals surface area (Å²) in [6, 6.07) is 9.10. The predicted molar refractivity (Wildman–Crippen MR) is 86.3 cm³/mol. The maximum atomic E-state index is 12.4. The molecule has 0 spiro atoms. The number of aromatic nitrogens is 1. The number of halogens is 1. The van der Waals surface area contributed by atoms with Gasteiger partial charge in [-0.25, -0.2) is 0 Å². The first-order valence-electron chi connectivity index (χ1n) is 6.85. The van der Waals surface area contributed by atoms with Crippen LogP contribution in [0.3, 0.4) is 0 Å². The second kappa shape index (κ2) is 5.96. The van der Waals surface area contributed by atoms with E-state index in [1.165, 1.54) is 0 Å². The minimum Gasteiger partial charge on any atom is -0.495 e. The number of carbonyl (C=O) groups excluding carboxylic acids is 1. The lowest BCUT2D eigenvalue weighted by Crippen LogP contribution is -2.40. The molecule has 0 saturated carbocycles. The van der Waals surface area contributed by atoms with Crippen LogP contribution in [0.2, 0.25) is 0 Å². The van der Waals surface area contributed by atoms with Crippen molar-refractivity contribution >= 4 is 27.5 Å². The summed E-state index contributed by atoms with van der Waals surface area (Å²) >= 11 is 3.43. The summed E-state index contributed by atoms with van der Waals surface area (Å²) in [5.74, 6) is 1.19. The number of hydrogen-bond donors (Lipinski definition) is 0. The van der Waals surface area contributed by atoms with Crippen molar-refractivity contribution in [2.75, 3.05) is 18.6 Å². The fourth-order valence-corrected chi connectivity index (χ4v) is 2.99. The molecule has 1 aromatic carbocycles. The third kappa shape index (κ3) is 2.54. The Labute approximate surface area is 137 Å². The van der Waals surface area contributed by atoms with Crippen LogP contribution in [0, 0.1) is 0 Å². The zero-order valence-corrected chi connectivity index (χ0v) is 13.8. The zero-order valence-electron chi connectivity index (χ0n) is 12.2. The fraction of sp³-hybridized carbons (Fsp3) is 0.250. The first-order valence-corrected chi connectivity index (χ1v) is 7.64. The molecule has 1 unspecified atom stereocenters. The highest BCUT2D eigenvalue weighted by atomic mass is 79.9. The molecule has 1 aromatic heterocycles. The van der Waals surface area contributed by atoms with Crippen LogP contribution >= 0.6 is 15.9 Å². The van der Waals surface area contributed by atoms with Crippen molar-refractivity contribution in [1.82, 2.24) is 4.98 Å². The molecule has 1 aliphatic heterocycles. The summed E-state index contributed by atoms with van der Waals surface area (Å²) in [5, 5.41) is 0. The van der Waals surface area contributed by atoms with Gasteiger partial charge in [0.2, 0.25) is 0 Å². The van der Waals surface area contributed by atoms with E-state index in [1.54, 1.807) is 24.3 Å². The number of carbonyl (C=O) groups is 1. The first kappa shape index (κ1) is 14.8. The van der Waals surface area contributed by atoms with Crippen molar-refractivity contribution < 1.29 is 14.3 Å². The lowest BCUT2D eigenvalue weighted by molar-refractivity contribution is -0.121.